The highest BCUT2D eigenvalue weighted by molar-refractivity contribution is 5.62. The fourth-order valence-electron chi connectivity index (χ4n) is 1.37. The molecule has 0 radical (unpaired) electrons. The van der Waals surface area contributed by atoms with E-state index in [1.54, 1.807) is 6.07 Å². The van der Waals surface area contributed by atoms with Crippen molar-refractivity contribution in [1.29, 1.82) is 0 Å². The second-order valence-electron chi connectivity index (χ2n) is 3.15. The van der Waals surface area contributed by atoms with Crippen LogP contribution in [-0.2, 0) is 6.61 Å². The number of nitrogens with zero attached hydrogens (tertiary/aromatic N) is 1. The topological polar surface area (TPSA) is 46.3 Å². The van der Waals surface area contributed by atoms with E-state index >= 15 is 0 Å². The Hall–Kier alpha value is -1.61. The molecule has 0 amide bonds. The van der Waals surface area contributed by atoms with E-state index in [0.29, 0.717) is 5.76 Å². The number of aliphatic hydroxyl groups is 1. The van der Waals surface area contributed by atoms with Gasteiger partial charge in [-0.2, -0.15) is 0 Å². The van der Waals surface area contributed by atoms with Crippen molar-refractivity contribution in [2.75, 3.05) is 0 Å². The van der Waals surface area contributed by atoms with E-state index < -0.39 is 0 Å². The molecule has 3 heteroatoms. The Balaban J connectivity index is 2.44. The van der Waals surface area contributed by atoms with E-state index in [1.165, 1.54) is 0 Å². The molecule has 0 fully saturated rings. The fourth-order valence-corrected chi connectivity index (χ4v) is 1.37. The van der Waals surface area contributed by atoms with Crippen molar-refractivity contribution in [2.45, 2.75) is 13.5 Å². The summed E-state index contributed by atoms with van der Waals surface area (Å²) in [6.45, 7) is 1.90. The van der Waals surface area contributed by atoms with Crippen molar-refractivity contribution < 1.29 is 9.63 Å². The minimum atomic E-state index is -0.112. The highest BCUT2D eigenvalue weighted by Crippen LogP contribution is 2.22. The first-order valence-electron chi connectivity index (χ1n) is 4.43. The van der Waals surface area contributed by atoms with Crippen molar-refractivity contribution in [3.8, 4) is 11.3 Å². The summed E-state index contributed by atoms with van der Waals surface area (Å²) in [6.07, 6.45) is 0. The first-order chi connectivity index (χ1) is 6.81. The van der Waals surface area contributed by atoms with Crippen molar-refractivity contribution in [2.24, 2.45) is 0 Å². The summed E-state index contributed by atoms with van der Waals surface area (Å²) >= 11 is 0. The number of rotatable bonds is 2. The molecular formula is C11H11NO2. The highest BCUT2D eigenvalue weighted by Gasteiger charge is 2.06. The number of benzene rings is 1. The average molecular weight is 189 g/mol. The van der Waals surface area contributed by atoms with Crippen LogP contribution >= 0.6 is 0 Å². The third-order valence-electron chi connectivity index (χ3n) is 2.14. The Morgan fingerprint density at radius 1 is 1.36 bits per heavy atom. The SMILES string of the molecule is Cc1ccccc1-c1cc(CO)on1. The van der Waals surface area contributed by atoms with Crippen LogP contribution in [0.25, 0.3) is 11.3 Å². The lowest BCUT2D eigenvalue weighted by atomic mass is 10.1. The fraction of sp³-hybridized carbons (Fsp3) is 0.182. The maximum absolute atomic E-state index is 8.83. The zero-order valence-electron chi connectivity index (χ0n) is 7.90. The van der Waals surface area contributed by atoms with E-state index in [2.05, 4.69) is 5.16 Å². The Kier molecular flexibility index (Phi) is 2.33. The summed E-state index contributed by atoms with van der Waals surface area (Å²) < 4.78 is 4.92. The van der Waals surface area contributed by atoms with Gasteiger partial charge in [0.25, 0.3) is 0 Å². The first-order valence-corrected chi connectivity index (χ1v) is 4.43. The smallest absolute Gasteiger partial charge is 0.162 e. The van der Waals surface area contributed by atoms with Gasteiger partial charge in [-0.05, 0) is 12.5 Å². The van der Waals surface area contributed by atoms with Gasteiger partial charge in [-0.3, -0.25) is 0 Å². The summed E-state index contributed by atoms with van der Waals surface area (Å²) in [5.41, 5.74) is 2.95. The Morgan fingerprint density at radius 2 is 2.14 bits per heavy atom. The molecule has 0 unspecified atom stereocenters. The summed E-state index contributed by atoms with van der Waals surface area (Å²) in [6, 6.07) is 9.68. The van der Waals surface area contributed by atoms with Crippen molar-refractivity contribution in [1.82, 2.24) is 5.16 Å². The molecule has 72 valence electrons. The van der Waals surface area contributed by atoms with Gasteiger partial charge >= 0.3 is 0 Å². The molecule has 0 aliphatic carbocycles. The van der Waals surface area contributed by atoms with Crippen LogP contribution in [0.2, 0.25) is 0 Å². The molecule has 0 bridgehead atoms. The molecule has 0 saturated carbocycles. The Labute approximate surface area is 82.0 Å². The predicted octanol–water partition coefficient (Wildman–Crippen LogP) is 2.14. The van der Waals surface area contributed by atoms with Crippen molar-refractivity contribution >= 4 is 0 Å². The van der Waals surface area contributed by atoms with Crippen LogP contribution in [0.15, 0.2) is 34.9 Å². The zero-order valence-corrected chi connectivity index (χ0v) is 7.90. The van der Waals surface area contributed by atoms with E-state index in [4.69, 9.17) is 9.63 Å². The Bertz CT molecular complexity index is 434. The van der Waals surface area contributed by atoms with Gasteiger partial charge in [0.15, 0.2) is 5.76 Å². The predicted molar refractivity (Wildman–Crippen MR) is 52.6 cm³/mol. The number of hydrogen-bond donors (Lipinski definition) is 1. The van der Waals surface area contributed by atoms with E-state index in [9.17, 15) is 0 Å². The van der Waals surface area contributed by atoms with Crippen LogP contribution in [-0.4, -0.2) is 10.3 Å². The first kappa shape index (κ1) is 8.97. The normalized spacial score (nSPS) is 10.4. The Morgan fingerprint density at radius 3 is 2.79 bits per heavy atom. The summed E-state index contributed by atoms with van der Waals surface area (Å²) in [7, 11) is 0. The molecule has 3 nitrogen and oxygen atoms in total. The lowest BCUT2D eigenvalue weighted by Crippen LogP contribution is -1.81. The largest absolute Gasteiger partial charge is 0.388 e. The van der Waals surface area contributed by atoms with Crippen LogP contribution in [0, 0.1) is 6.92 Å². The third-order valence-corrected chi connectivity index (χ3v) is 2.14. The lowest BCUT2D eigenvalue weighted by Gasteiger charge is -1.98. The van der Waals surface area contributed by atoms with E-state index in [-0.39, 0.29) is 6.61 Å². The second kappa shape index (κ2) is 3.64. The standard InChI is InChI=1S/C11H11NO2/c1-8-4-2-3-5-10(8)11-6-9(7-13)14-12-11/h2-6,13H,7H2,1H3. The average Bonchev–Trinajstić information content (AvgIpc) is 2.67. The van der Waals surface area contributed by atoms with Gasteiger partial charge in [-0.1, -0.05) is 29.4 Å². The monoisotopic (exact) mass is 189 g/mol. The van der Waals surface area contributed by atoms with Crippen LogP contribution < -0.4 is 0 Å². The molecule has 0 atom stereocenters. The minimum Gasteiger partial charge on any atom is -0.388 e. The molecule has 0 aliphatic rings. The maximum atomic E-state index is 8.83. The van der Waals surface area contributed by atoms with E-state index in [1.807, 2.05) is 31.2 Å². The second-order valence-corrected chi connectivity index (χ2v) is 3.15. The minimum absolute atomic E-state index is 0.112. The van der Waals surface area contributed by atoms with Gasteiger partial charge in [-0.25, -0.2) is 0 Å². The lowest BCUT2D eigenvalue weighted by molar-refractivity contribution is 0.229. The van der Waals surface area contributed by atoms with Crippen LogP contribution in [0.5, 0.6) is 0 Å². The van der Waals surface area contributed by atoms with Crippen molar-refractivity contribution in [3.05, 3.63) is 41.7 Å². The molecule has 0 spiro atoms. The summed E-state index contributed by atoms with van der Waals surface area (Å²) in [5.74, 6) is 0.489. The van der Waals surface area contributed by atoms with Gasteiger partial charge in [0, 0.05) is 11.6 Å². The maximum Gasteiger partial charge on any atom is 0.162 e. The molecule has 1 N–H and O–H groups in total. The highest BCUT2D eigenvalue weighted by atomic mass is 16.5. The zero-order chi connectivity index (χ0) is 9.97. The summed E-state index contributed by atoms with van der Waals surface area (Å²) in [4.78, 5) is 0. The number of aliphatic hydroxyl groups excluding tert-OH is 1. The molecule has 2 aromatic rings. The molecule has 0 saturated heterocycles. The van der Waals surface area contributed by atoms with Gasteiger partial charge in [-0.15, -0.1) is 0 Å². The summed E-state index contributed by atoms with van der Waals surface area (Å²) in [5, 5.41) is 12.7. The van der Waals surface area contributed by atoms with Gasteiger partial charge in [0.05, 0.1) is 0 Å². The molecule has 1 aromatic heterocycles. The number of aromatic nitrogens is 1. The molecule has 0 aliphatic heterocycles. The van der Waals surface area contributed by atoms with Crippen LogP contribution in [0.4, 0.5) is 0 Å². The number of hydrogen-bond acceptors (Lipinski definition) is 3. The molecule has 1 aromatic carbocycles. The van der Waals surface area contributed by atoms with Crippen LogP contribution in [0.3, 0.4) is 0 Å². The van der Waals surface area contributed by atoms with Gasteiger partial charge in [0.2, 0.25) is 0 Å². The quantitative estimate of drug-likeness (QED) is 0.787. The van der Waals surface area contributed by atoms with Crippen LogP contribution in [0.1, 0.15) is 11.3 Å². The van der Waals surface area contributed by atoms with Crippen molar-refractivity contribution in [3.63, 3.8) is 0 Å². The van der Waals surface area contributed by atoms with Gasteiger partial charge < -0.3 is 9.63 Å². The molecular weight excluding hydrogens is 178 g/mol. The molecule has 1 heterocycles. The molecule has 14 heavy (non-hydrogen) atoms. The number of aryl methyl sites for hydroxylation is 1. The van der Waals surface area contributed by atoms with E-state index in [0.717, 1.165) is 16.8 Å². The van der Waals surface area contributed by atoms with Gasteiger partial charge in [0.1, 0.15) is 12.3 Å². The third kappa shape index (κ3) is 1.54. The molecule has 2 rings (SSSR count).